The summed E-state index contributed by atoms with van der Waals surface area (Å²) in [6, 6.07) is 6.39. The van der Waals surface area contributed by atoms with Gasteiger partial charge in [-0.1, -0.05) is 0 Å². The van der Waals surface area contributed by atoms with Crippen molar-refractivity contribution in [1.82, 2.24) is 0 Å². The van der Waals surface area contributed by atoms with Crippen LogP contribution in [0.1, 0.15) is 83.1 Å². The monoisotopic (exact) mass is 456 g/mol. The zero-order chi connectivity index (χ0) is 21.6. The zero-order valence-corrected chi connectivity index (χ0v) is 23.9. The summed E-state index contributed by atoms with van der Waals surface area (Å²) in [7, 11) is -3.92. The second-order valence-corrected chi connectivity index (χ2v) is 23.1. The molecule has 0 aromatic carbocycles. The third-order valence-corrected chi connectivity index (χ3v) is 23.6. The van der Waals surface area contributed by atoms with Crippen LogP contribution in [-0.4, -0.2) is 27.8 Å². The van der Waals surface area contributed by atoms with Gasteiger partial charge < -0.3 is 0 Å². The Bertz CT molecular complexity index is 368. The van der Waals surface area contributed by atoms with Crippen LogP contribution in [0.25, 0.3) is 0 Å². The average molecular weight is 457 g/mol. The van der Waals surface area contributed by atoms with Gasteiger partial charge in [0.25, 0.3) is 0 Å². The number of hydrogen-bond donors (Lipinski definition) is 0. The molecule has 0 spiro atoms. The van der Waals surface area contributed by atoms with Crippen LogP contribution in [0.4, 0.5) is 0 Å². The second kappa shape index (κ2) is 10.8. The Morgan fingerprint density at radius 1 is 0.519 bits per heavy atom. The molecular weight excluding hydrogens is 408 g/mol. The Hall–Kier alpha value is 0.988. The first-order chi connectivity index (χ1) is 12.2. The molecule has 7 heteroatoms. The van der Waals surface area contributed by atoms with Crippen molar-refractivity contribution in [3.05, 3.63) is 0 Å². The first-order valence-electron chi connectivity index (χ1n) is 11.0. The summed E-state index contributed by atoms with van der Waals surface area (Å²) in [6.45, 7) is 26.1. The van der Waals surface area contributed by atoms with E-state index in [1.165, 1.54) is 0 Å². The molecule has 0 aromatic heterocycles. The molecule has 0 N–H and O–H groups in total. The quantitative estimate of drug-likeness (QED) is 0.285. The molecule has 0 amide bonds. The molecule has 164 valence electrons. The van der Waals surface area contributed by atoms with Crippen molar-refractivity contribution in [3.8, 4) is 0 Å². The zero-order valence-electron chi connectivity index (χ0n) is 20.4. The van der Waals surface area contributed by atoms with E-state index in [0.717, 1.165) is 36.3 Å². The van der Waals surface area contributed by atoms with Crippen LogP contribution >= 0.6 is 0 Å². The summed E-state index contributed by atoms with van der Waals surface area (Å²) in [4.78, 5) is 0. The van der Waals surface area contributed by atoms with E-state index in [0.29, 0.717) is 0 Å². The molecule has 0 fully saturated rings. The summed E-state index contributed by atoms with van der Waals surface area (Å²) < 4.78 is 27.6. The Balaban J connectivity index is 6.39. The molecule has 0 atom stereocenters. The first-order valence-corrected chi connectivity index (χ1v) is 18.6. The Labute approximate surface area is 177 Å². The Morgan fingerprint density at radius 3 is 0.889 bits per heavy atom. The molecule has 0 heterocycles. The van der Waals surface area contributed by atoms with Crippen molar-refractivity contribution < 1.29 is 30.8 Å². The van der Waals surface area contributed by atoms with Crippen LogP contribution in [0.2, 0.25) is 36.3 Å². The van der Waals surface area contributed by atoms with E-state index in [4.69, 9.17) is 12.7 Å². The van der Waals surface area contributed by atoms with Crippen LogP contribution in [-0.2, 0) is 30.8 Å². The molecule has 0 aliphatic rings. The van der Waals surface area contributed by atoms with Crippen LogP contribution < -0.4 is 0 Å². The molecule has 0 rings (SSSR count). The number of rotatable bonds is 12. The fraction of sp³-hybridized carbons (Fsp3) is 1.00. The third-order valence-electron chi connectivity index (χ3n) is 5.41. The van der Waals surface area contributed by atoms with Crippen LogP contribution in [0.5, 0.6) is 0 Å². The van der Waals surface area contributed by atoms with Crippen molar-refractivity contribution in [2.75, 3.05) is 0 Å². The van der Waals surface area contributed by atoms with E-state index >= 15 is 0 Å². The molecule has 0 saturated carbocycles. The minimum absolute atomic E-state index is 0.365. The first kappa shape index (κ1) is 28.0. The summed E-state index contributed by atoms with van der Waals surface area (Å²) in [6.07, 6.45) is 0. The maximum atomic E-state index is 7.08. The molecule has 0 bridgehead atoms. The van der Waals surface area contributed by atoms with Gasteiger partial charge in [0.05, 0.1) is 0 Å². The van der Waals surface area contributed by atoms with Gasteiger partial charge in [-0.2, -0.15) is 0 Å². The summed E-state index contributed by atoms with van der Waals surface area (Å²) in [5.41, 5.74) is -0.730. The summed E-state index contributed by atoms with van der Waals surface area (Å²) >= 11 is -4.01. The van der Waals surface area contributed by atoms with E-state index in [1.807, 2.05) is 0 Å². The third kappa shape index (κ3) is 9.12. The van der Waals surface area contributed by atoms with E-state index in [9.17, 15) is 0 Å². The van der Waals surface area contributed by atoms with E-state index < -0.39 is 34.8 Å². The molecule has 0 saturated heterocycles. The fourth-order valence-corrected chi connectivity index (χ4v) is 21.4. The van der Waals surface area contributed by atoms with Gasteiger partial charge in [-0.05, 0) is 0 Å². The molecule has 0 aliphatic carbocycles. The molecule has 0 radical (unpaired) electrons. The van der Waals surface area contributed by atoms with Gasteiger partial charge in [0.15, 0.2) is 0 Å². The van der Waals surface area contributed by atoms with E-state index in [1.54, 1.807) is 0 Å². The van der Waals surface area contributed by atoms with Gasteiger partial charge in [-0.3, -0.25) is 0 Å². The molecule has 0 unspecified atom stereocenters. The van der Waals surface area contributed by atoms with E-state index in [-0.39, 0.29) is 11.2 Å². The SMILES string of the molecule is CC[Si](CC)(CC)[O][Ti]([O]C(C)(C)C)([O]C(C)(C)C)[O][Si](CC)(CC)CC. The topological polar surface area (TPSA) is 36.9 Å². The van der Waals surface area contributed by atoms with Crippen molar-refractivity contribution in [2.24, 2.45) is 0 Å². The molecular formula is C20H48O4Si2Ti. The van der Waals surface area contributed by atoms with Crippen LogP contribution in [0.15, 0.2) is 0 Å². The van der Waals surface area contributed by atoms with Gasteiger partial charge in [-0.15, -0.1) is 0 Å². The average Bonchev–Trinajstić information content (AvgIpc) is 2.55. The predicted molar refractivity (Wildman–Crippen MR) is 118 cm³/mol. The van der Waals surface area contributed by atoms with Gasteiger partial charge >= 0.3 is 178 Å². The van der Waals surface area contributed by atoms with Crippen molar-refractivity contribution in [1.29, 1.82) is 0 Å². The molecule has 27 heavy (non-hydrogen) atoms. The summed E-state index contributed by atoms with van der Waals surface area (Å²) in [5.74, 6) is 0. The summed E-state index contributed by atoms with van der Waals surface area (Å²) in [5, 5.41) is 0. The maximum absolute atomic E-state index is 7.08. The molecule has 0 aliphatic heterocycles. The Morgan fingerprint density at radius 2 is 0.741 bits per heavy atom. The molecule has 4 nitrogen and oxygen atoms in total. The van der Waals surface area contributed by atoms with Gasteiger partial charge in [0.1, 0.15) is 0 Å². The second-order valence-electron chi connectivity index (χ2n) is 9.62. The van der Waals surface area contributed by atoms with E-state index in [2.05, 4.69) is 83.1 Å². The van der Waals surface area contributed by atoms with Gasteiger partial charge in [-0.25, -0.2) is 0 Å². The van der Waals surface area contributed by atoms with Crippen molar-refractivity contribution in [3.63, 3.8) is 0 Å². The van der Waals surface area contributed by atoms with Crippen molar-refractivity contribution >= 4 is 16.6 Å². The predicted octanol–water partition coefficient (Wildman–Crippen LogP) is 7.47. The Kier molecular flexibility index (Phi) is 11.2. The van der Waals surface area contributed by atoms with Gasteiger partial charge in [0, 0.05) is 0 Å². The van der Waals surface area contributed by atoms with Crippen molar-refractivity contribution in [2.45, 2.75) is 131 Å². The van der Waals surface area contributed by atoms with Crippen LogP contribution in [0.3, 0.4) is 0 Å². The fourth-order valence-electron chi connectivity index (χ4n) is 3.34. The standard InChI is InChI=1S/2C6H15OSi.2C4H9O.Ti/c2*1-4-8(7,5-2)6-3;2*1-4(2,3)5;/h2*4-6H2,1-3H3;2*1-3H3;/q4*-1;+4. The molecule has 0 aromatic rings. The normalized spacial score (nSPS) is 14.7. The number of hydrogen-bond acceptors (Lipinski definition) is 4. The van der Waals surface area contributed by atoms with Gasteiger partial charge in [0.2, 0.25) is 0 Å². The van der Waals surface area contributed by atoms with Crippen LogP contribution in [0, 0.1) is 0 Å². The minimum atomic E-state index is -4.01.